The van der Waals surface area contributed by atoms with E-state index >= 15 is 0 Å². The number of carbonyl (C=O) groups is 4. The first-order valence-corrected chi connectivity index (χ1v) is 18.3. The number of rotatable bonds is 14. The molecule has 2 heterocycles. The molecule has 0 saturated carbocycles. The van der Waals surface area contributed by atoms with Gasteiger partial charge >= 0.3 is 0 Å². The highest BCUT2D eigenvalue weighted by molar-refractivity contribution is 14.2. The minimum atomic E-state index is -0.917. The highest BCUT2D eigenvalue weighted by Gasteiger charge is 2.35. The van der Waals surface area contributed by atoms with Gasteiger partial charge in [0.15, 0.2) is 0 Å². The smallest absolute Gasteiger partial charge is 0.247 e. The fourth-order valence-electron chi connectivity index (χ4n) is 4.67. The second-order valence-corrected chi connectivity index (χ2v) is 11.7. The largest absolute Gasteiger partial charge is 0.494 e. The van der Waals surface area contributed by atoms with Gasteiger partial charge in [0.1, 0.15) is 26.1 Å². The van der Waals surface area contributed by atoms with Crippen molar-refractivity contribution in [1.29, 1.82) is 0 Å². The third kappa shape index (κ3) is 12.7. The third-order valence-electron chi connectivity index (χ3n) is 6.92. The first kappa shape index (κ1) is 34.3. The number of unbranched alkanes of at least 4 members (excludes halogenated alkanes) is 3. The number of carbonyl (C=O) groups excluding carboxylic acids is 4. The van der Waals surface area contributed by atoms with Gasteiger partial charge in [-0.25, -0.2) is 10.1 Å². The summed E-state index contributed by atoms with van der Waals surface area (Å²) >= 11 is 2.01. The first-order chi connectivity index (χ1) is 19.4. The van der Waals surface area contributed by atoms with Crippen molar-refractivity contribution < 1.29 is 28.5 Å². The molecule has 0 radical (unpaired) electrons. The number of benzene rings is 1. The molecule has 2 aliphatic heterocycles. The second-order valence-electron chi connectivity index (χ2n) is 10.0. The summed E-state index contributed by atoms with van der Waals surface area (Å²) in [5.74, 6) is -2.04. The Bertz CT molecular complexity index is 942. The van der Waals surface area contributed by atoms with E-state index in [1.165, 1.54) is 0 Å². The number of fused-ring (bicyclic) bond motifs is 11. The van der Waals surface area contributed by atoms with Crippen LogP contribution in [0.2, 0.25) is 6.32 Å². The average molecular weight is 688 g/mol. The van der Waals surface area contributed by atoms with Crippen LogP contribution in [0.25, 0.3) is 0 Å². The molecule has 1 aromatic carbocycles. The first-order valence-electron chi connectivity index (χ1n) is 14.3. The molecule has 13 heteroatoms. The van der Waals surface area contributed by atoms with Crippen molar-refractivity contribution in [2.75, 3.05) is 19.7 Å². The molecular formula is C27H43BIN4O6P. The van der Waals surface area contributed by atoms with Crippen molar-refractivity contribution in [3.8, 4) is 5.75 Å². The number of halogens is 1. The SMILES string of the molecule is BCCCCCNC(=O)CNC(=O)[C@@H]1Cc2ccc(cc2)OCCC[C@H](C(=O)NOPI)[C@@H](CCCC)C(=O)N1. The second kappa shape index (κ2) is 20.0. The molecule has 1 unspecified atom stereocenters. The van der Waals surface area contributed by atoms with E-state index in [4.69, 9.17) is 9.36 Å². The molecule has 4 N–H and O–H groups in total. The Morgan fingerprint density at radius 1 is 1.12 bits per heavy atom. The average Bonchev–Trinajstić information content (AvgIpc) is 2.95. The van der Waals surface area contributed by atoms with E-state index in [1.807, 2.05) is 53.2 Å². The van der Waals surface area contributed by atoms with E-state index in [-0.39, 0.29) is 37.1 Å². The van der Waals surface area contributed by atoms with Gasteiger partial charge in [0, 0.05) is 18.9 Å². The molecule has 0 saturated heterocycles. The molecule has 4 amide bonds. The maximum absolute atomic E-state index is 13.7. The number of hydrogen-bond donors (Lipinski definition) is 4. The lowest BCUT2D eigenvalue weighted by atomic mass is 9.83. The van der Waals surface area contributed by atoms with Crippen LogP contribution in [0.15, 0.2) is 24.3 Å². The summed E-state index contributed by atoms with van der Waals surface area (Å²) in [6.07, 6.45) is 7.50. The molecule has 40 heavy (non-hydrogen) atoms. The van der Waals surface area contributed by atoms with E-state index in [0.717, 1.165) is 44.0 Å². The van der Waals surface area contributed by atoms with Crippen LogP contribution in [-0.2, 0) is 30.2 Å². The van der Waals surface area contributed by atoms with Gasteiger partial charge < -0.3 is 20.7 Å². The Hall–Kier alpha value is -1.92. The molecule has 1 aromatic rings. The molecule has 2 bridgehead atoms. The Balaban J connectivity index is 2.21. The lowest BCUT2D eigenvalue weighted by Crippen LogP contribution is -2.53. The zero-order valence-electron chi connectivity index (χ0n) is 23.6. The highest BCUT2D eigenvalue weighted by atomic mass is 127. The summed E-state index contributed by atoms with van der Waals surface area (Å²) in [5, 5.41) is 8.42. The molecule has 0 aliphatic carbocycles. The summed E-state index contributed by atoms with van der Waals surface area (Å²) < 4.78 is 11.0. The lowest BCUT2D eigenvalue weighted by molar-refractivity contribution is -0.140. The Labute approximate surface area is 253 Å². The number of ether oxygens (including phenoxy) is 1. The van der Waals surface area contributed by atoms with Gasteiger partial charge in [-0.1, -0.05) is 51.1 Å². The molecule has 0 fully saturated rings. The minimum absolute atomic E-state index is 0.0389. The van der Waals surface area contributed by atoms with Crippen LogP contribution in [0.3, 0.4) is 0 Å². The molecule has 222 valence electrons. The predicted molar refractivity (Wildman–Crippen MR) is 168 cm³/mol. The lowest BCUT2D eigenvalue weighted by Gasteiger charge is -2.28. The minimum Gasteiger partial charge on any atom is -0.494 e. The van der Waals surface area contributed by atoms with Crippen LogP contribution in [0, 0.1) is 11.8 Å². The summed E-state index contributed by atoms with van der Waals surface area (Å²) in [5.41, 5.74) is 3.31. The zero-order valence-corrected chi connectivity index (χ0v) is 26.7. The topological polar surface area (TPSA) is 135 Å². The fourth-order valence-corrected chi connectivity index (χ4v) is 5.14. The van der Waals surface area contributed by atoms with E-state index in [0.29, 0.717) is 38.2 Å². The molecule has 3 rings (SSSR count). The van der Waals surface area contributed by atoms with Gasteiger partial charge in [-0.3, -0.25) is 19.2 Å². The van der Waals surface area contributed by atoms with E-state index in [2.05, 4.69) is 29.3 Å². The molecule has 2 aliphatic rings. The van der Waals surface area contributed by atoms with Crippen molar-refractivity contribution in [1.82, 2.24) is 21.4 Å². The van der Waals surface area contributed by atoms with E-state index in [9.17, 15) is 19.2 Å². The van der Waals surface area contributed by atoms with Gasteiger partial charge in [0.05, 0.1) is 19.1 Å². The summed E-state index contributed by atoms with van der Waals surface area (Å²) in [6.45, 7) is 2.86. The molecule has 10 nitrogen and oxygen atoms in total. The Morgan fingerprint density at radius 2 is 1.90 bits per heavy atom. The van der Waals surface area contributed by atoms with Crippen molar-refractivity contribution >= 4 is 60.0 Å². The van der Waals surface area contributed by atoms with Gasteiger partial charge in [0.2, 0.25) is 23.6 Å². The summed E-state index contributed by atoms with van der Waals surface area (Å²) in [7, 11) is 2.13. The van der Waals surface area contributed by atoms with E-state index < -0.39 is 23.8 Å². The van der Waals surface area contributed by atoms with Gasteiger partial charge in [-0.2, -0.15) is 0 Å². The van der Waals surface area contributed by atoms with Crippen LogP contribution in [-0.4, -0.2) is 57.2 Å². The van der Waals surface area contributed by atoms with Crippen molar-refractivity contribution in [2.45, 2.75) is 77.1 Å². The summed E-state index contributed by atoms with van der Waals surface area (Å²) in [4.78, 5) is 52.3. The number of amides is 4. The molecule has 0 spiro atoms. The molecule has 4 atom stereocenters. The number of hydroxylamine groups is 1. The maximum Gasteiger partial charge on any atom is 0.247 e. The fraction of sp³-hybridized carbons (Fsp3) is 0.630. The van der Waals surface area contributed by atoms with Crippen LogP contribution in [0.5, 0.6) is 5.75 Å². The monoisotopic (exact) mass is 688 g/mol. The summed E-state index contributed by atoms with van der Waals surface area (Å²) in [6, 6.07) is 6.47. The predicted octanol–water partition coefficient (Wildman–Crippen LogP) is 2.75. The van der Waals surface area contributed by atoms with Gasteiger partial charge in [0.25, 0.3) is 0 Å². The quantitative estimate of drug-likeness (QED) is 0.0782. The zero-order chi connectivity index (χ0) is 29.2. The maximum atomic E-state index is 13.7. The standard InChI is InChI=1S/C27H43BIN4O6P/c1-2-3-8-21-22(26(36)33-39-40-29)9-7-16-38-20-12-10-19(11-13-20)17-23(32-25(21)35)27(37)31-18-24(34)30-15-6-4-5-14-28/h10-13,21-23,40H,2-9,14-18,28H2,1H3,(H,30,34)(H,31,37)(H,32,35)(H,33,36)/t21-,22+,23+/m1/s1. The molecular weight excluding hydrogens is 645 g/mol. The van der Waals surface area contributed by atoms with Crippen molar-refractivity contribution in [3.63, 3.8) is 0 Å². The van der Waals surface area contributed by atoms with Crippen molar-refractivity contribution in [3.05, 3.63) is 29.8 Å². The number of nitrogens with one attached hydrogen (secondary N) is 4. The third-order valence-corrected chi connectivity index (χ3v) is 7.76. The number of hydrogen-bond acceptors (Lipinski definition) is 6. The van der Waals surface area contributed by atoms with Crippen LogP contribution < -0.4 is 26.2 Å². The van der Waals surface area contributed by atoms with Crippen LogP contribution in [0.4, 0.5) is 0 Å². The van der Waals surface area contributed by atoms with Gasteiger partial charge in [-0.15, -0.1) is 0 Å². The van der Waals surface area contributed by atoms with E-state index in [1.54, 1.807) is 0 Å². The van der Waals surface area contributed by atoms with Crippen LogP contribution in [0.1, 0.15) is 63.9 Å². The Morgan fingerprint density at radius 3 is 2.60 bits per heavy atom. The van der Waals surface area contributed by atoms with Crippen molar-refractivity contribution in [2.24, 2.45) is 11.8 Å². The Kier molecular flexibility index (Phi) is 17.2. The van der Waals surface area contributed by atoms with Crippen LogP contribution >= 0.6 is 28.5 Å². The molecule has 0 aromatic heterocycles. The normalized spacial score (nSPS) is 19.9. The van der Waals surface area contributed by atoms with Gasteiger partial charge in [-0.05, 0) is 65.4 Å². The highest BCUT2D eigenvalue weighted by Crippen LogP contribution is 2.27.